The molecule has 0 aromatic heterocycles. The fourth-order valence-corrected chi connectivity index (χ4v) is 4.17. The van der Waals surface area contributed by atoms with Crippen LogP contribution in [0.2, 0.25) is 5.02 Å². The molecule has 1 unspecified atom stereocenters. The Bertz CT molecular complexity index is 630. The van der Waals surface area contributed by atoms with Crippen LogP contribution in [0.3, 0.4) is 0 Å². The molecule has 0 N–H and O–H groups in total. The van der Waals surface area contributed by atoms with Crippen LogP contribution < -0.4 is 4.74 Å². The van der Waals surface area contributed by atoms with Gasteiger partial charge >= 0.3 is 0 Å². The molecule has 0 spiro atoms. The lowest BCUT2D eigenvalue weighted by Gasteiger charge is -2.14. The van der Waals surface area contributed by atoms with Gasteiger partial charge in [-0.05, 0) is 63.5 Å². The highest BCUT2D eigenvalue weighted by molar-refractivity contribution is 14.1. The van der Waals surface area contributed by atoms with E-state index in [1.807, 2.05) is 18.2 Å². The molecule has 1 aliphatic heterocycles. The average molecular weight is 450 g/mol. The smallest absolute Gasteiger partial charge is 0.122 e. The third-order valence-electron chi connectivity index (χ3n) is 3.24. The van der Waals surface area contributed by atoms with Crippen LogP contribution in [-0.2, 0) is 6.42 Å². The molecule has 98 valence electrons. The van der Waals surface area contributed by atoms with E-state index in [0.717, 1.165) is 23.8 Å². The Morgan fingerprint density at radius 3 is 2.89 bits per heavy atom. The summed E-state index contributed by atoms with van der Waals surface area (Å²) in [5, 5.41) is 0.768. The average Bonchev–Trinajstić information content (AvgIpc) is 2.88. The Hall–Kier alpha value is -0.260. The zero-order valence-corrected chi connectivity index (χ0v) is 14.5. The number of halogens is 3. The van der Waals surface area contributed by atoms with Crippen LogP contribution in [0.1, 0.15) is 21.5 Å². The molecule has 0 bridgehead atoms. The van der Waals surface area contributed by atoms with E-state index in [2.05, 4.69) is 56.7 Å². The molecule has 2 aromatic carbocycles. The highest BCUT2D eigenvalue weighted by Crippen LogP contribution is 2.37. The first kappa shape index (κ1) is 13.7. The number of alkyl halides is 1. The fourth-order valence-electron chi connectivity index (χ4n) is 2.25. The summed E-state index contributed by atoms with van der Waals surface area (Å²) in [6.07, 6.45) is 0.996. The van der Waals surface area contributed by atoms with Gasteiger partial charge in [0.25, 0.3) is 0 Å². The highest BCUT2D eigenvalue weighted by Gasteiger charge is 2.18. The molecule has 0 aliphatic carbocycles. The minimum Gasteiger partial charge on any atom is -0.493 e. The molecule has 19 heavy (non-hydrogen) atoms. The monoisotopic (exact) mass is 448 g/mol. The molecular weight excluding hydrogens is 438 g/mol. The minimum absolute atomic E-state index is 0.156. The molecular formula is C15H11BrClIO. The Morgan fingerprint density at radius 1 is 1.21 bits per heavy atom. The summed E-state index contributed by atoms with van der Waals surface area (Å²) in [6, 6.07) is 12.4. The molecule has 4 heteroatoms. The fraction of sp³-hybridized carbons (Fsp3) is 0.200. The summed E-state index contributed by atoms with van der Waals surface area (Å²) in [7, 11) is 0. The second-order valence-corrected chi connectivity index (χ2v) is 7.01. The Kier molecular flexibility index (Phi) is 4.06. The van der Waals surface area contributed by atoms with Crippen LogP contribution in [0.4, 0.5) is 0 Å². The van der Waals surface area contributed by atoms with Crippen LogP contribution >= 0.6 is 50.1 Å². The predicted octanol–water partition coefficient (Wildman–Crippen LogP) is 5.36. The third-order valence-corrected chi connectivity index (χ3v) is 5.48. The molecule has 3 rings (SSSR count). The lowest BCUT2D eigenvalue weighted by atomic mass is 10.0. The van der Waals surface area contributed by atoms with E-state index in [0.29, 0.717) is 0 Å². The summed E-state index contributed by atoms with van der Waals surface area (Å²) in [5.41, 5.74) is 3.73. The second kappa shape index (κ2) is 5.62. The topological polar surface area (TPSA) is 9.23 Å². The maximum Gasteiger partial charge on any atom is 0.122 e. The number of hydrogen-bond acceptors (Lipinski definition) is 1. The van der Waals surface area contributed by atoms with Crippen molar-refractivity contribution >= 4 is 50.1 Å². The van der Waals surface area contributed by atoms with E-state index in [-0.39, 0.29) is 4.83 Å². The summed E-state index contributed by atoms with van der Waals surface area (Å²) >= 11 is 12.2. The predicted molar refractivity (Wildman–Crippen MR) is 90.6 cm³/mol. The molecule has 1 nitrogen and oxygen atoms in total. The number of benzene rings is 2. The number of ether oxygens (including phenoxy) is 1. The lowest BCUT2D eigenvalue weighted by Crippen LogP contribution is -1.96. The van der Waals surface area contributed by atoms with Crippen molar-refractivity contribution in [3.63, 3.8) is 0 Å². The molecule has 1 aliphatic rings. The number of hydrogen-bond donors (Lipinski definition) is 0. The summed E-state index contributed by atoms with van der Waals surface area (Å²) < 4.78 is 6.75. The van der Waals surface area contributed by atoms with Crippen LogP contribution in [0.5, 0.6) is 5.75 Å². The summed E-state index contributed by atoms with van der Waals surface area (Å²) in [4.78, 5) is 0.156. The maximum absolute atomic E-state index is 6.10. The van der Waals surface area contributed by atoms with E-state index >= 15 is 0 Å². The minimum atomic E-state index is 0.156. The van der Waals surface area contributed by atoms with Gasteiger partial charge in [0.1, 0.15) is 5.75 Å². The van der Waals surface area contributed by atoms with Crippen molar-refractivity contribution in [2.45, 2.75) is 11.2 Å². The van der Waals surface area contributed by atoms with E-state index < -0.39 is 0 Å². The lowest BCUT2D eigenvalue weighted by molar-refractivity contribution is 0.357. The van der Waals surface area contributed by atoms with Crippen molar-refractivity contribution in [3.8, 4) is 5.75 Å². The van der Waals surface area contributed by atoms with E-state index in [1.165, 1.54) is 20.3 Å². The van der Waals surface area contributed by atoms with Crippen LogP contribution in [-0.4, -0.2) is 6.61 Å². The van der Waals surface area contributed by atoms with Gasteiger partial charge in [-0.1, -0.05) is 39.7 Å². The Balaban J connectivity index is 1.99. The summed E-state index contributed by atoms with van der Waals surface area (Å²) in [5.74, 6) is 1.02. The quantitative estimate of drug-likeness (QED) is 0.443. The normalized spacial score (nSPS) is 14.9. The van der Waals surface area contributed by atoms with Gasteiger partial charge in [-0.25, -0.2) is 0 Å². The molecule has 0 fully saturated rings. The van der Waals surface area contributed by atoms with E-state index in [1.54, 1.807) is 0 Å². The Labute approximate surface area is 139 Å². The first-order chi connectivity index (χ1) is 9.15. The Morgan fingerprint density at radius 2 is 2.05 bits per heavy atom. The standard InChI is InChI=1S/C15H11BrClIO/c16-15(12-8-11(17)2-3-13(12)18)10-1-4-14-9(7-10)5-6-19-14/h1-4,7-8,15H,5-6H2. The van der Waals surface area contributed by atoms with Crippen molar-refractivity contribution in [2.24, 2.45) is 0 Å². The van der Waals surface area contributed by atoms with Gasteiger partial charge in [-0.2, -0.15) is 0 Å². The van der Waals surface area contributed by atoms with Crippen LogP contribution in [0.15, 0.2) is 36.4 Å². The van der Waals surface area contributed by atoms with Crippen LogP contribution in [0, 0.1) is 3.57 Å². The highest BCUT2D eigenvalue weighted by atomic mass is 127. The van der Waals surface area contributed by atoms with Gasteiger partial charge in [0.2, 0.25) is 0 Å². The molecule has 2 aromatic rings. The molecule has 0 saturated carbocycles. The van der Waals surface area contributed by atoms with Gasteiger partial charge in [-0.3, -0.25) is 0 Å². The molecule has 1 atom stereocenters. The SMILES string of the molecule is Clc1ccc(I)c(C(Br)c2ccc3c(c2)CCO3)c1. The molecule has 1 heterocycles. The van der Waals surface area contributed by atoms with E-state index in [9.17, 15) is 0 Å². The zero-order valence-electron chi connectivity index (χ0n) is 10.00. The molecule has 0 amide bonds. The van der Waals surface area contributed by atoms with Crippen LogP contribution in [0.25, 0.3) is 0 Å². The number of rotatable bonds is 2. The van der Waals surface area contributed by atoms with E-state index in [4.69, 9.17) is 16.3 Å². The molecule has 0 radical (unpaired) electrons. The van der Waals surface area contributed by atoms with Crippen molar-refractivity contribution < 1.29 is 4.74 Å². The zero-order chi connectivity index (χ0) is 13.4. The van der Waals surface area contributed by atoms with Crippen molar-refractivity contribution in [2.75, 3.05) is 6.61 Å². The first-order valence-electron chi connectivity index (χ1n) is 6.00. The van der Waals surface area contributed by atoms with Gasteiger partial charge < -0.3 is 4.74 Å². The van der Waals surface area contributed by atoms with Crippen molar-refractivity contribution in [3.05, 3.63) is 61.7 Å². The maximum atomic E-state index is 6.10. The van der Waals surface area contributed by atoms with Crippen molar-refractivity contribution in [1.29, 1.82) is 0 Å². The number of fused-ring (bicyclic) bond motifs is 1. The third kappa shape index (κ3) is 2.78. The largest absolute Gasteiger partial charge is 0.493 e. The first-order valence-corrected chi connectivity index (χ1v) is 8.37. The second-order valence-electron chi connectivity index (χ2n) is 4.49. The van der Waals surface area contributed by atoms with Gasteiger partial charge in [0, 0.05) is 15.0 Å². The van der Waals surface area contributed by atoms with Gasteiger partial charge in [0.05, 0.1) is 11.4 Å². The summed E-state index contributed by atoms with van der Waals surface area (Å²) in [6.45, 7) is 0.792. The van der Waals surface area contributed by atoms with Gasteiger partial charge in [0.15, 0.2) is 0 Å². The molecule has 0 saturated heterocycles. The van der Waals surface area contributed by atoms with Crippen molar-refractivity contribution in [1.82, 2.24) is 0 Å². The van der Waals surface area contributed by atoms with Gasteiger partial charge in [-0.15, -0.1) is 0 Å².